The molecule has 26 heavy (non-hydrogen) atoms. The highest BCUT2D eigenvalue weighted by Gasteiger charge is 2.21. The van der Waals surface area contributed by atoms with Crippen molar-refractivity contribution in [2.75, 3.05) is 26.2 Å². The Hall–Kier alpha value is -1.98. The third-order valence-corrected chi connectivity index (χ3v) is 5.30. The molecule has 1 fully saturated rings. The molecule has 140 valence electrons. The summed E-state index contributed by atoms with van der Waals surface area (Å²) in [5, 5.41) is 13.5. The van der Waals surface area contributed by atoms with Crippen molar-refractivity contribution in [3.63, 3.8) is 0 Å². The highest BCUT2D eigenvalue weighted by Crippen LogP contribution is 2.21. The summed E-state index contributed by atoms with van der Waals surface area (Å²) in [6, 6.07) is 8.24. The number of fused-ring (bicyclic) bond motifs is 1. The molecule has 2 heterocycles. The van der Waals surface area contributed by atoms with E-state index in [9.17, 15) is 9.90 Å². The predicted octanol–water partition coefficient (Wildman–Crippen LogP) is 2.68. The van der Waals surface area contributed by atoms with E-state index in [4.69, 9.17) is 0 Å². The Kier molecular flexibility index (Phi) is 6.22. The zero-order valence-corrected chi connectivity index (χ0v) is 15.8. The van der Waals surface area contributed by atoms with Gasteiger partial charge in [-0.3, -0.25) is 14.7 Å². The molecular formula is C21H29N3O2. The Bertz CT molecular complexity index is 775. The quantitative estimate of drug-likeness (QED) is 0.836. The van der Waals surface area contributed by atoms with E-state index >= 15 is 0 Å². The second-order valence-electron chi connectivity index (χ2n) is 7.14. The third kappa shape index (κ3) is 4.22. The SMILES string of the molecule is CCc1ccc2nc(C)cc(C(=O)NCCN3CCCCC3CO)c2c1. The van der Waals surface area contributed by atoms with Gasteiger partial charge >= 0.3 is 0 Å². The molecule has 1 saturated heterocycles. The zero-order chi connectivity index (χ0) is 18.5. The Balaban J connectivity index is 1.71. The smallest absolute Gasteiger partial charge is 0.252 e. The van der Waals surface area contributed by atoms with Crippen LogP contribution < -0.4 is 5.32 Å². The van der Waals surface area contributed by atoms with Crippen LogP contribution in [0.4, 0.5) is 0 Å². The number of carbonyl (C=O) groups is 1. The summed E-state index contributed by atoms with van der Waals surface area (Å²) < 4.78 is 0. The fraction of sp³-hybridized carbons (Fsp3) is 0.524. The number of benzene rings is 1. The molecule has 1 aliphatic heterocycles. The number of nitrogens with zero attached hydrogens (tertiary/aromatic N) is 2. The largest absolute Gasteiger partial charge is 0.395 e. The molecule has 1 unspecified atom stereocenters. The number of aryl methyl sites for hydroxylation is 2. The molecular weight excluding hydrogens is 326 g/mol. The van der Waals surface area contributed by atoms with Crippen LogP contribution in [0.3, 0.4) is 0 Å². The van der Waals surface area contributed by atoms with Gasteiger partial charge in [0.25, 0.3) is 5.91 Å². The van der Waals surface area contributed by atoms with Crippen molar-refractivity contribution >= 4 is 16.8 Å². The van der Waals surface area contributed by atoms with E-state index in [2.05, 4.69) is 34.3 Å². The third-order valence-electron chi connectivity index (χ3n) is 5.30. The van der Waals surface area contributed by atoms with Crippen molar-refractivity contribution in [1.82, 2.24) is 15.2 Å². The molecule has 0 radical (unpaired) electrons. The number of likely N-dealkylation sites (tertiary alicyclic amines) is 1. The predicted molar refractivity (Wildman–Crippen MR) is 104 cm³/mol. The minimum Gasteiger partial charge on any atom is -0.395 e. The zero-order valence-electron chi connectivity index (χ0n) is 15.8. The number of piperidine rings is 1. The van der Waals surface area contributed by atoms with Gasteiger partial charge in [0.2, 0.25) is 0 Å². The number of rotatable bonds is 6. The number of nitrogens with one attached hydrogen (secondary N) is 1. The van der Waals surface area contributed by atoms with Gasteiger partial charge in [-0.05, 0) is 56.5 Å². The lowest BCUT2D eigenvalue weighted by molar-refractivity contribution is 0.0850. The molecule has 5 heteroatoms. The molecule has 5 nitrogen and oxygen atoms in total. The van der Waals surface area contributed by atoms with Gasteiger partial charge in [0.15, 0.2) is 0 Å². The number of aliphatic hydroxyl groups is 1. The molecule has 0 bridgehead atoms. The number of amides is 1. The summed E-state index contributed by atoms with van der Waals surface area (Å²) in [4.78, 5) is 19.6. The molecule has 1 atom stereocenters. The first-order valence-corrected chi connectivity index (χ1v) is 9.65. The molecule has 1 aromatic carbocycles. The lowest BCUT2D eigenvalue weighted by Gasteiger charge is -2.34. The van der Waals surface area contributed by atoms with Crippen LogP contribution in [0, 0.1) is 6.92 Å². The fourth-order valence-corrected chi connectivity index (χ4v) is 3.78. The standard InChI is InChI=1S/C21H29N3O2/c1-3-16-7-8-20-18(13-16)19(12-15(2)23-20)21(26)22-9-11-24-10-5-4-6-17(24)14-25/h7-8,12-13,17,25H,3-6,9-11,14H2,1-2H3,(H,22,26). The van der Waals surface area contributed by atoms with Crippen LogP contribution in [0.5, 0.6) is 0 Å². The lowest BCUT2D eigenvalue weighted by Crippen LogP contribution is -2.45. The Morgan fingerprint density at radius 1 is 1.35 bits per heavy atom. The number of aliphatic hydroxyl groups excluding tert-OH is 1. The molecule has 0 spiro atoms. The van der Waals surface area contributed by atoms with Crippen molar-refractivity contribution in [3.8, 4) is 0 Å². The summed E-state index contributed by atoms with van der Waals surface area (Å²) >= 11 is 0. The molecule has 2 N–H and O–H groups in total. The first-order valence-electron chi connectivity index (χ1n) is 9.65. The lowest BCUT2D eigenvalue weighted by atomic mass is 10.0. The maximum absolute atomic E-state index is 12.8. The average molecular weight is 355 g/mol. The van der Waals surface area contributed by atoms with Crippen molar-refractivity contribution in [1.29, 1.82) is 0 Å². The maximum atomic E-state index is 12.8. The van der Waals surface area contributed by atoms with Gasteiger partial charge in [-0.25, -0.2) is 0 Å². The van der Waals surface area contributed by atoms with Crippen molar-refractivity contribution in [3.05, 3.63) is 41.1 Å². The van der Waals surface area contributed by atoms with Gasteiger partial charge in [-0.1, -0.05) is 19.4 Å². The highest BCUT2D eigenvalue weighted by molar-refractivity contribution is 6.06. The normalized spacial score (nSPS) is 18.2. The molecule has 0 aliphatic carbocycles. The number of carbonyl (C=O) groups excluding carboxylic acids is 1. The summed E-state index contributed by atoms with van der Waals surface area (Å²) in [7, 11) is 0. The van der Waals surface area contributed by atoms with Gasteiger partial charge in [-0.2, -0.15) is 0 Å². The average Bonchev–Trinajstić information content (AvgIpc) is 2.67. The van der Waals surface area contributed by atoms with E-state index in [1.54, 1.807) is 0 Å². The van der Waals surface area contributed by atoms with E-state index in [1.165, 1.54) is 18.4 Å². The molecule has 1 aromatic heterocycles. The van der Waals surface area contributed by atoms with Crippen LogP contribution in [-0.4, -0.2) is 53.2 Å². The molecule has 0 saturated carbocycles. The first kappa shape index (κ1) is 18.8. The second kappa shape index (κ2) is 8.60. The van der Waals surface area contributed by atoms with Crippen LogP contribution in [-0.2, 0) is 6.42 Å². The molecule has 2 aromatic rings. The molecule has 3 rings (SSSR count). The molecule has 1 aliphatic rings. The van der Waals surface area contributed by atoms with Crippen LogP contribution in [0.25, 0.3) is 10.9 Å². The van der Waals surface area contributed by atoms with Crippen molar-refractivity contribution < 1.29 is 9.90 Å². The Morgan fingerprint density at radius 2 is 2.19 bits per heavy atom. The number of hydrogen-bond donors (Lipinski definition) is 2. The van der Waals surface area contributed by atoms with E-state index in [1.807, 2.05) is 19.1 Å². The van der Waals surface area contributed by atoms with Gasteiger partial charge in [0.05, 0.1) is 17.7 Å². The molecule has 1 amide bonds. The van der Waals surface area contributed by atoms with E-state index in [0.29, 0.717) is 12.1 Å². The fourth-order valence-electron chi connectivity index (χ4n) is 3.78. The monoisotopic (exact) mass is 355 g/mol. The summed E-state index contributed by atoms with van der Waals surface area (Å²) in [6.07, 6.45) is 4.31. The van der Waals surface area contributed by atoms with Gasteiger partial charge in [0, 0.05) is 30.2 Å². The van der Waals surface area contributed by atoms with Crippen LogP contribution in [0.2, 0.25) is 0 Å². The topological polar surface area (TPSA) is 65.5 Å². The number of hydrogen-bond acceptors (Lipinski definition) is 4. The number of aromatic nitrogens is 1. The van der Waals surface area contributed by atoms with Crippen LogP contribution in [0.15, 0.2) is 24.3 Å². The first-order chi connectivity index (χ1) is 12.6. The van der Waals surface area contributed by atoms with Gasteiger partial charge in [0.1, 0.15) is 0 Å². The summed E-state index contributed by atoms with van der Waals surface area (Å²) in [5.41, 5.74) is 3.61. The summed E-state index contributed by atoms with van der Waals surface area (Å²) in [5.74, 6) is -0.0497. The van der Waals surface area contributed by atoms with Crippen LogP contribution in [0.1, 0.15) is 47.8 Å². The van der Waals surface area contributed by atoms with Crippen molar-refractivity contribution in [2.45, 2.75) is 45.6 Å². The van der Waals surface area contributed by atoms with E-state index in [-0.39, 0.29) is 18.6 Å². The van der Waals surface area contributed by atoms with E-state index in [0.717, 1.165) is 42.5 Å². The second-order valence-corrected chi connectivity index (χ2v) is 7.14. The maximum Gasteiger partial charge on any atom is 0.252 e. The Morgan fingerprint density at radius 3 is 2.96 bits per heavy atom. The number of pyridine rings is 1. The van der Waals surface area contributed by atoms with Gasteiger partial charge < -0.3 is 10.4 Å². The van der Waals surface area contributed by atoms with E-state index < -0.39 is 0 Å². The van der Waals surface area contributed by atoms with Crippen molar-refractivity contribution in [2.24, 2.45) is 0 Å². The minimum atomic E-state index is -0.0497. The van der Waals surface area contributed by atoms with Gasteiger partial charge in [-0.15, -0.1) is 0 Å². The highest BCUT2D eigenvalue weighted by atomic mass is 16.3. The van der Waals surface area contributed by atoms with Crippen LogP contribution >= 0.6 is 0 Å². The Labute approximate surface area is 155 Å². The summed E-state index contributed by atoms with van der Waals surface area (Å²) in [6.45, 7) is 6.59. The minimum absolute atomic E-state index is 0.0497.